The van der Waals surface area contributed by atoms with Crippen LogP contribution in [0.5, 0.6) is 0 Å². The van der Waals surface area contributed by atoms with Crippen molar-refractivity contribution in [1.82, 2.24) is 25.4 Å². The molecule has 1 unspecified atom stereocenters. The molecule has 28 heavy (non-hydrogen) atoms. The molecule has 1 aliphatic rings. The predicted octanol–water partition coefficient (Wildman–Crippen LogP) is 3.33. The van der Waals surface area contributed by atoms with Crippen LogP contribution in [0, 0.1) is 5.92 Å². The Morgan fingerprint density at radius 3 is 2.75 bits per heavy atom. The molecule has 1 aromatic heterocycles. The minimum Gasteiger partial charge on any atom is -0.373 e. The molecule has 2 heterocycles. The van der Waals surface area contributed by atoms with Crippen LogP contribution < -0.4 is 10.6 Å². The van der Waals surface area contributed by atoms with Crippen molar-refractivity contribution in [2.75, 3.05) is 32.5 Å². The van der Waals surface area contributed by atoms with Gasteiger partial charge in [-0.1, -0.05) is 25.6 Å². The number of nitrogens with zero attached hydrogens (tertiary/aromatic N) is 4. The van der Waals surface area contributed by atoms with E-state index in [4.69, 9.17) is 9.73 Å². The molecule has 9 heteroatoms. The number of rotatable bonds is 10. The van der Waals surface area contributed by atoms with E-state index in [1.54, 1.807) is 11.8 Å². The summed E-state index contributed by atoms with van der Waals surface area (Å²) in [6, 6.07) is 0. The van der Waals surface area contributed by atoms with Gasteiger partial charge in [0.05, 0.1) is 12.1 Å². The van der Waals surface area contributed by atoms with E-state index in [2.05, 4.69) is 59.3 Å². The molecule has 1 atom stereocenters. The van der Waals surface area contributed by atoms with Crippen molar-refractivity contribution >= 4 is 41.7 Å². The van der Waals surface area contributed by atoms with Crippen LogP contribution in [0.4, 0.5) is 0 Å². The predicted molar refractivity (Wildman–Crippen MR) is 128 cm³/mol. The number of aromatic nitrogens is 3. The normalized spacial score (nSPS) is 19.7. The van der Waals surface area contributed by atoms with E-state index in [1.807, 2.05) is 0 Å². The van der Waals surface area contributed by atoms with Gasteiger partial charge in [0.2, 0.25) is 0 Å². The molecule has 0 aliphatic carbocycles. The lowest BCUT2D eigenvalue weighted by Gasteiger charge is -2.21. The summed E-state index contributed by atoms with van der Waals surface area (Å²) in [5, 5.41) is 16.5. The summed E-state index contributed by atoms with van der Waals surface area (Å²) in [5.41, 5.74) is -0.107. The largest absolute Gasteiger partial charge is 0.373 e. The first-order valence-electron chi connectivity index (χ1n) is 10.1. The van der Waals surface area contributed by atoms with Crippen molar-refractivity contribution in [3.05, 3.63) is 5.82 Å². The highest BCUT2D eigenvalue weighted by Gasteiger charge is 2.29. The van der Waals surface area contributed by atoms with E-state index in [0.717, 1.165) is 68.9 Å². The summed E-state index contributed by atoms with van der Waals surface area (Å²) in [5.74, 6) is 2.52. The van der Waals surface area contributed by atoms with E-state index in [0.29, 0.717) is 12.5 Å². The van der Waals surface area contributed by atoms with Crippen molar-refractivity contribution < 1.29 is 4.74 Å². The topological polar surface area (TPSA) is 76.4 Å². The van der Waals surface area contributed by atoms with Gasteiger partial charge in [0.15, 0.2) is 11.1 Å². The van der Waals surface area contributed by atoms with Gasteiger partial charge in [-0.05, 0) is 45.3 Å². The first-order chi connectivity index (χ1) is 13.0. The average Bonchev–Trinajstić information content (AvgIpc) is 3.23. The highest BCUT2D eigenvalue weighted by Crippen LogP contribution is 2.25. The molecule has 0 radical (unpaired) electrons. The molecule has 1 saturated heterocycles. The number of hydrogen-bond acceptors (Lipinski definition) is 5. The summed E-state index contributed by atoms with van der Waals surface area (Å²) < 4.78 is 8.08. The van der Waals surface area contributed by atoms with Crippen LogP contribution in [-0.2, 0) is 17.7 Å². The summed E-state index contributed by atoms with van der Waals surface area (Å²) in [4.78, 5) is 4.72. The zero-order valence-electron chi connectivity index (χ0n) is 18.0. The number of aryl methyl sites for hydroxylation is 1. The fraction of sp³-hybridized carbons (Fsp3) is 0.842. The van der Waals surface area contributed by atoms with Gasteiger partial charge in [-0.3, -0.25) is 4.99 Å². The summed E-state index contributed by atoms with van der Waals surface area (Å²) >= 11 is 1.66. The van der Waals surface area contributed by atoms with Gasteiger partial charge in [-0.2, -0.15) is 0 Å². The maximum absolute atomic E-state index is 5.83. The number of guanidine groups is 1. The Hall–Kier alpha value is -0.550. The second-order valence-corrected chi connectivity index (χ2v) is 8.51. The van der Waals surface area contributed by atoms with Crippen LogP contribution >= 0.6 is 35.7 Å². The molecule has 162 valence electrons. The zero-order valence-corrected chi connectivity index (χ0v) is 21.1. The minimum atomic E-state index is -0.107. The van der Waals surface area contributed by atoms with E-state index in [1.165, 1.54) is 0 Å². The molecule has 0 spiro atoms. The lowest BCUT2D eigenvalue weighted by atomic mass is 10.0. The van der Waals surface area contributed by atoms with Gasteiger partial charge in [-0.15, -0.1) is 34.2 Å². The second kappa shape index (κ2) is 12.9. The quantitative estimate of drug-likeness (QED) is 0.161. The lowest BCUT2D eigenvalue weighted by Crippen LogP contribution is -2.39. The molecule has 1 fully saturated rings. The maximum atomic E-state index is 5.83. The Kier molecular flexibility index (Phi) is 11.7. The molecular formula is C19H37IN6OS. The SMILES string of the molecule is CCNC(=NCC1(C)CCCO1)NCCCc1nnc(SC)n1CC(C)C.I. The van der Waals surface area contributed by atoms with Crippen LogP contribution in [0.2, 0.25) is 0 Å². The summed E-state index contributed by atoms with van der Waals surface area (Å²) in [6.45, 7) is 12.9. The molecular weight excluding hydrogens is 487 g/mol. The molecule has 0 saturated carbocycles. The van der Waals surface area contributed by atoms with Crippen molar-refractivity contribution in [3.63, 3.8) is 0 Å². The molecule has 0 bridgehead atoms. The number of halogens is 1. The lowest BCUT2D eigenvalue weighted by molar-refractivity contribution is 0.0283. The Labute approximate surface area is 191 Å². The molecule has 1 aliphatic heterocycles. The van der Waals surface area contributed by atoms with Crippen molar-refractivity contribution in [2.24, 2.45) is 10.9 Å². The van der Waals surface area contributed by atoms with Crippen molar-refractivity contribution in [3.8, 4) is 0 Å². The van der Waals surface area contributed by atoms with Gasteiger partial charge < -0.3 is 19.9 Å². The Morgan fingerprint density at radius 2 is 2.14 bits per heavy atom. The third kappa shape index (κ3) is 8.06. The zero-order chi connectivity index (χ0) is 19.7. The first kappa shape index (κ1) is 25.5. The number of ether oxygens (including phenoxy) is 1. The van der Waals surface area contributed by atoms with Crippen LogP contribution in [0.3, 0.4) is 0 Å². The highest BCUT2D eigenvalue weighted by atomic mass is 127. The molecule has 2 rings (SSSR count). The van der Waals surface area contributed by atoms with E-state index in [-0.39, 0.29) is 29.6 Å². The Balaban J connectivity index is 0.00000392. The van der Waals surface area contributed by atoms with Crippen molar-refractivity contribution in [2.45, 2.75) is 70.7 Å². The van der Waals surface area contributed by atoms with Crippen LogP contribution in [0.15, 0.2) is 10.1 Å². The third-order valence-corrected chi connectivity index (χ3v) is 5.28. The molecule has 2 N–H and O–H groups in total. The second-order valence-electron chi connectivity index (χ2n) is 7.73. The van der Waals surface area contributed by atoms with E-state index < -0.39 is 0 Å². The van der Waals surface area contributed by atoms with Gasteiger partial charge in [-0.25, -0.2) is 0 Å². The van der Waals surface area contributed by atoms with Gasteiger partial charge in [0.1, 0.15) is 5.82 Å². The number of thioether (sulfide) groups is 1. The first-order valence-corrected chi connectivity index (χ1v) is 11.3. The van der Waals surface area contributed by atoms with Gasteiger partial charge in [0.25, 0.3) is 0 Å². The minimum absolute atomic E-state index is 0. The smallest absolute Gasteiger partial charge is 0.191 e. The fourth-order valence-electron chi connectivity index (χ4n) is 3.21. The van der Waals surface area contributed by atoms with Crippen LogP contribution in [0.25, 0.3) is 0 Å². The molecule has 0 aromatic carbocycles. The van der Waals surface area contributed by atoms with E-state index in [9.17, 15) is 0 Å². The van der Waals surface area contributed by atoms with Gasteiger partial charge >= 0.3 is 0 Å². The van der Waals surface area contributed by atoms with E-state index >= 15 is 0 Å². The Morgan fingerprint density at radius 1 is 1.36 bits per heavy atom. The number of nitrogens with one attached hydrogen (secondary N) is 2. The number of hydrogen-bond donors (Lipinski definition) is 2. The Bertz CT molecular complexity index is 601. The van der Waals surface area contributed by atoms with Gasteiger partial charge in [0, 0.05) is 32.7 Å². The molecule has 7 nitrogen and oxygen atoms in total. The highest BCUT2D eigenvalue weighted by molar-refractivity contribution is 14.0. The number of aliphatic imine (C=N–C) groups is 1. The van der Waals surface area contributed by atoms with Crippen molar-refractivity contribution in [1.29, 1.82) is 0 Å². The molecule has 1 aromatic rings. The van der Waals surface area contributed by atoms with Crippen LogP contribution in [-0.4, -0.2) is 58.8 Å². The monoisotopic (exact) mass is 524 g/mol. The third-order valence-electron chi connectivity index (χ3n) is 4.61. The fourth-order valence-corrected chi connectivity index (χ4v) is 3.73. The average molecular weight is 525 g/mol. The van der Waals surface area contributed by atoms with Crippen LogP contribution in [0.1, 0.15) is 52.8 Å². The summed E-state index contributed by atoms with van der Waals surface area (Å²) in [6.07, 6.45) is 6.17. The molecule has 0 amide bonds. The maximum Gasteiger partial charge on any atom is 0.191 e. The standard InChI is InChI=1S/C19H36N6OS.HI/c1-6-20-17(22-14-19(4)10-8-12-26-19)21-11-7-9-16-23-24-18(27-5)25(16)13-15(2)3;/h15H,6-14H2,1-5H3,(H2,20,21,22);1H. The summed E-state index contributed by atoms with van der Waals surface area (Å²) in [7, 11) is 0.